The molecular weight excluding hydrogens is 287 g/mol. The highest BCUT2D eigenvalue weighted by atomic mass is 35.5. The largest absolute Gasteiger partial charge is 0.478 e. The van der Waals surface area contributed by atoms with Gasteiger partial charge in [0.2, 0.25) is 0 Å². The van der Waals surface area contributed by atoms with E-state index in [-0.39, 0.29) is 16.3 Å². The van der Waals surface area contributed by atoms with Crippen LogP contribution in [0.2, 0.25) is 10.0 Å². The molecule has 0 aliphatic rings. The minimum Gasteiger partial charge on any atom is -0.478 e. The molecule has 0 heterocycles. The molecule has 0 aromatic heterocycles. The van der Waals surface area contributed by atoms with E-state index >= 15 is 0 Å². The smallest absolute Gasteiger partial charge is 0.339 e. The van der Waals surface area contributed by atoms with Gasteiger partial charge < -0.3 is 9.84 Å². The molecule has 2 rings (SSSR count). The number of carboxylic acid groups (broad SMARTS) is 1. The Morgan fingerprint density at radius 3 is 2.58 bits per heavy atom. The van der Waals surface area contributed by atoms with Gasteiger partial charge in [-0.3, -0.25) is 0 Å². The zero-order chi connectivity index (χ0) is 14.0. The van der Waals surface area contributed by atoms with Crippen LogP contribution in [0.1, 0.15) is 15.9 Å². The molecule has 0 fully saturated rings. The number of halogens is 2. The van der Waals surface area contributed by atoms with Crippen LogP contribution in [0.5, 0.6) is 11.5 Å². The molecule has 0 aliphatic carbocycles. The maximum Gasteiger partial charge on any atom is 0.339 e. The molecule has 0 aliphatic heterocycles. The molecule has 98 valence electrons. The summed E-state index contributed by atoms with van der Waals surface area (Å²) in [7, 11) is 0. The molecule has 3 nitrogen and oxygen atoms in total. The van der Waals surface area contributed by atoms with Gasteiger partial charge in [-0.1, -0.05) is 35.3 Å². The van der Waals surface area contributed by atoms with E-state index in [9.17, 15) is 4.79 Å². The van der Waals surface area contributed by atoms with Gasteiger partial charge in [0.1, 0.15) is 22.1 Å². The lowest BCUT2D eigenvalue weighted by atomic mass is 10.1. The molecule has 2 aromatic carbocycles. The van der Waals surface area contributed by atoms with Crippen molar-refractivity contribution in [1.29, 1.82) is 0 Å². The Kier molecular flexibility index (Phi) is 3.98. The molecule has 5 heteroatoms. The number of ether oxygens (including phenoxy) is 1. The molecule has 0 spiro atoms. The number of aryl methyl sites for hydroxylation is 1. The van der Waals surface area contributed by atoms with Crippen LogP contribution in [0.25, 0.3) is 0 Å². The fraction of sp³-hybridized carbons (Fsp3) is 0.0714. The first-order valence-electron chi connectivity index (χ1n) is 5.45. The van der Waals surface area contributed by atoms with Crippen molar-refractivity contribution >= 4 is 29.2 Å². The van der Waals surface area contributed by atoms with Crippen LogP contribution in [0.3, 0.4) is 0 Å². The summed E-state index contributed by atoms with van der Waals surface area (Å²) in [6.45, 7) is 1.85. The van der Waals surface area contributed by atoms with Gasteiger partial charge in [0.05, 0.1) is 5.02 Å². The van der Waals surface area contributed by atoms with Crippen LogP contribution in [-0.2, 0) is 0 Å². The van der Waals surface area contributed by atoms with Gasteiger partial charge in [-0.25, -0.2) is 4.79 Å². The molecule has 0 bridgehead atoms. The molecule has 0 radical (unpaired) electrons. The molecule has 0 saturated carbocycles. The zero-order valence-electron chi connectivity index (χ0n) is 9.98. The van der Waals surface area contributed by atoms with Crippen LogP contribution in [0, 0.1) is 6.92 Å². The van der Waals surface area contributed by atoms with Gasteiger partial charge in [-0.05, 0) is 36.8 Å². The molecule has 1 N–H and O–H groups in total. The highest BCUT2D eigenvalue weighted by Gasteiger charge is 2.14. The molecule has 0 atom stereocenters. The van der Waals surface area contributed by atoms with E-state index in [1.165, 1.54) is 6.07 Å². The monoisotopic (exact) mass is 296 g/mol. The van der Waals surface area contributed by atoms with Gasteiger partial charge in [0.25, 0.3) is 0 Å². The predicted octanol–water partition coefficient (Wildman–Crippen LogP) is 4.79. The number of hydrogen-bond donors (Lipinski definition) is 1. The van der Waals surface area contributed by atoms with Gasteiger partial charge >= 0.3 is 5.97 Å². The summed E-state index contributed by atoms with van der Waals surface area (Å²) >= 11 is 11.9. The highest BCUT2D eigenvalue weighted by Crippen LogP contribution is 2.36. The van der Waals surface area contributed by atoms with Crippen LogP contribution < -0.4 is 4.74 Å². The van der Waals surface area contributed by atoms with E-state index in [0.717, 1.165) is 5.56 Å². The Labute approximate surface area is 120 Å². The van der Waals surface area contributed by atoms with E-state index in [1.807, 2.05) is 6.92 Å². The first kappa shape index (κ1) is 13.7. The first-order valence-corrected chi connectivity index (χ1v) is 6.20. The molecule has 19 heavy (non-hydrogen) atoms. The molecular formula is C14H10Cl2O3. The molecule has 2 aromatic rings. The Hall–Kier alpha value is -1.71. The zero-order valence-corrected chi connectivity index (χ0v) is 11.5. The normalized spacial score (nSPS) is 10.3. The third-order valence-corrected chi connectivity index (χ3v) is 3.31. The van der Waals surface area contributed by atoms with Crippen molar-refractivity contribution < 1.29 is 14.6 Å². The molecule has 0 unspecified atom stereocenters. The van der Waals surface area contributed by atoms with Crippen molar-refractivity contribution in [2.75, 3.05) is 0 Å². The quantitative estimate of drug-likeness (QED) is 0.885. The maximum atomic E-state index is 11.1. The van der Waals surface area contributed by atoms with Crippen LogP contribution in [-0.4, -0.2) is 11.1 Å². The summed E-state index contributed by atoms with van der Waals surface area (Å²) in [5, 5.41) is 9.72. The van der Waals surface area contributed by atoms with E-state index in [2.05, 4.69) is 0 Å². The van der Waals surface area contributed by atoms with E-state index in [4.69, 9.17) is 33.0 Å². The predicted molar refractivity (Wildman–Crippen MR) is 74.7 cm³/mol. The average molecular weight is 297 g/mol. The number of rotatable bonds is 3. The minimum atomic E-state index is -1.06. The highest BCUT2D eigenvalue weighted by molar-refractivity contribution is 6.42. The third-order valence-electron chi connectivity index (χ3n) is 2.50. The van der Waals surface area contributed by atoms with Gasteiger partial charge in [0.15, 0.2) is 0 Å². The summed E-state index contributed by atoms with van der Waals surface area (Å²) in [5.74, 6) is -0.507. The van der Waals surface area contributed by atoms with Gasteiger partial charge in [0, 0.05) is 0 Å². The average Bonchev–Trinajstić information content (AvgIpc) is 2.35. The summed E-state index contributed by atoms with van der Waals surface area (Å²) in [5.41, 5.74) is 0.958. The summed E-state index contributed by atoms with van der Waals surface area (Å²) in [6, 6.07) is 9.77. The standard InChI is InChI=1S/C14H10Cl2O3/c1-8-5-6-9(14(17)18)12(7-8)19-11-4-2-3-10(15)13(11)16/h2-7H,1H3,(H,17,18). The van der Waals surface area contributed by atoms with Crippen molar-refractivity contribution in [3.05, 3.63) is 57.6 Å². The summed E-state index contributed by atoms with van der Waals surface area (Å²) in [4.78, 5) is 11.1. The van der Waals surface area contributed by atoms with Crippen LogP contribution >= 0.6 is 23.2 Å². The second-order valence-electron chi connectivity index (χ2n) is 3.96. The Balaban J connectivity index is 2.45. The fourth-order valence-corrected chi connectivity index (χ4v) is 1.90. The first-order chi connectivity index (χ1) is 8.99. The Bertz CT molecular complexity index is 639. The lowest BCUT2D eigenvalue weighted by Crippen LogP contribution is -2.00. The second kappa shape index (κ2) is 5.51. The van der Waals surface area contributed by atoms with E-state index < -0.39 is 5.97 Å². The van der Waals surface area contributed by atoms with E-state index in [1.54, 1.807) is 30.3 Å². The Morgan fingerprint density at radius 1 is 1.16 bits per heavy atom. The van der Waals surface area contributed by atoms with Crippen LogP contribution in [0.4, 0.5) is 0 Å². The SMILES string of the molecule is Cc1ccc(C(=O)O)c(Oc2cccc(Cl)c2Cl)c1. The topological polar surface area (TPSA) is 46.5 Å². The third kappa shape index (κ3) is 3.00. The second-order valence-corrected chi connectivity index (χ2v) is 4.74. The maximum absolute atomic E-state index is 11.1. The lowest BCUT2D eigenvalue weighted by molar-refractivity contribution is 0.0694. The number of carboxylic acids is 1. The van der Waals surface area contributed by atoms with Crippen molar-refractivity contribution in [2.45, 2.75) is 6.92 Å². The number of hydrogen-bond acceptors (Lipinski definition) is 2. The van der Waals surface area contributed by atoms with Crippen molar-refractivity contribution in [3.63, 3.8) is 0 Å². The van der Waals surface area contributed by atoms with Gasteiger partial charge in [-0.15, -0.1) is 0 Å². The summed E-state index contributed by atoms with van der Waals surface area (Å²) < 4.78 is 5.57. The van der Waals surface area contributed by atoms with Crippen LogP contribution in [0.15, 0.2) is 36.4 Å². The van der Waals surface area contributed by atoms with Crippen molar-refractivity contribution in [2.24, 2.45) is 0 Å². The van der Waals surface area contributed by atoms with E-state index in [0.29, 0.717) is 10.8 Å². The Morgan fingerprint density at radius 2 is 1.89 bits per heavy atom. The number of carbonyl (C=O) groups is 1. The number of aromatic carboxylic acids is 1. The van der Waals surface area contributed by atoms with Gasteiger partial charge in [-0.2, -0.15) is 0 Å². The number of benzene rings is 2. The van der Waals surface area contributed by atoms with Crippen molar-refractivity contribution in [1.82, 2.24) is 0 Å². The lowest BCUT2D eigenvalue weighted by Gasteiger charge is -2.11. The minimum absolute atomic E-state index is 0.0710. The molecule has 0 amide bonds. The van der Waals surface area contributed by atoms with Crippen molar-refractivity contribution in [3.8, 4) is 11.5 Å². The molecule has 0 saturated heterocycles. The summed E-state index contributed by atoms with van der Waals surface area (Å²) in [6.07, 6.45) is 0. The fourth-order valence-electron chi connectivity index (χ4n) is 1.57.